The fourth-order valence-corrected chi connectivity index (χ4v) is 4.10. The van der Waals surface area contributed by atoms with Gasteiger partial charge in [0.1, 0.15) is 5.56 Å². The first-order chi connectivity index (χ1) is 11.2. The van der Waals surface area contributed by atoms with E-state index in [-0.39, 0.29) is 11.1 Å². The summed E-state index contributed by atoms with van der Waals surface area (Å²) in [6.07, 6.45) is 5.62. The second kappa shape index (κ2) is 5.82. The highest BCUT2D eigenvalue weighted by molar-refractivity contribution is 7.99. The summed E-state index contributed by atoms with van der Waals surface area (Å²) in [5.41, 5.74) is 0.672. The molecule has 0 aliphatic carbocycles. The summed E-state index contributed by atoms with van der Waals surface area (Å²) < 4.78 is 3.51. The van der Waals surface area contributed by atoms with E-state index in [1.165, 1.54) is 21.9 Å². The van der Waals surface area contributed by atoms with Gasteiger partial charge in [-0.3, -0.25) is 14.0 Å². The second-order valence-corrected chi connectivity index (χ2v) is 7.03. The van der Waals surface area contributed by atoms with Crippen LogP contribution in [0.25, 0.3) is 4.96 Å². The number of carbonyl (C=O) groups is 1. The average Bonchev–Trinajstić information content (AvgIpc) is 3.22. The van der Waals surface area contributed by atoms with Crippen molar-refractivity contribution < 1.29 is 4.79 Å². The number of thioether (sulfide) groups is 1. The minimum absolute atomic E-state index is 0.0591. The van der Waals surface area contributed by atoms with Gasteiger partial charge in [0.05, 0.1) is 5.69 Å². The Labute approximate surface area is 139 Å². The fraction of sp³-hybridized carbons (Fsp3) is 0.286. The fourth-order valence-electron chi connectivity index (χ4n) is 2.46. The van der Waals surface area contributed by atoms with Crippen molar-refractivity contribution in [3.63, 3.8) is 0 Å². The Kier molecular flexibility index (Phi) is 3.66. The number of aromatic nitrogens is 4. The average molecular weight is 347 g/mol. The first kappa shape index (κ1) is 14.5. The molecule has 0 unspecified atom stereocenters. The van der Waals surface area contributed by atoms with Gasteiger partial charge in [-0.05, 0) is 0 Å². The number of imidazole rings is 1. The zero-order valence-corrected chi connectivity index (χ0v) is 13.7. The Bertz CT molecular complexity index is 921. The molecule has 23 heavy (non-hydrogen) atoms. The highest BCUT2D eigenvalue weighted by atomic mass is 32.2. The molecule has 9 heteroatoms. The quantitative estimate of drug-likeness (QED) is 0.762. The van der Waals surface area contributed by atoms with Crippen LogP contribution in [0.1, 0.15) is 16.1 Å². The zero-order chi connectivity index (χ0) is 15.8. The van der Waals surface area contributed by atoms with Crippen molar-refractivity contribution in [3.8, 4) is 0 Å². The van der Waals surface area contributed by atoms with Crippen molar-refractivity contribution >= 4 is 34.0 Å². The van der Waals surface area contributed by atoms with Gasteiger partial charge in [-0.25, -0.2) is 9.97 Å². The predicted octanol–water partition coefficient (Wildman–Crippen LogP) is 1.03. The van der Waals surface area contributed by atoms with E-state index < -0.39 is 5.91 Å². The van der Waals surface area contributed by atoms with Crippen LogP contribution in [-0.2, 0) is 13.0 Å². The van der Waals surface area contributed by atoms with Crippen molar-refractivity contribution in [2.45, 2.75) is 18.1 Å². The van der Waals surface area contributed by atoms with E-state index in [1.807, 2.05) is 6.20 Å². The van der Waals surface area contributed by atoms with Crippen LogP contribution in [0.2, 0.25) is 0 Å². The summed E-state index contributed by atoms with van der Waals surface area (Å²) in [5, 5.41) is 5.57. The third-order valence-corrected chi connectivity index (χ3v) is 5.35. The van der Waals surface area contributed by atoms with Crippen molar-refractivity contribution in [2.75, 3.05) is 12.3 Å². The number of aryl methyl sites for hydroxylation is 1. The van der Waals surface area contributed by atoms with Crippen LogP contribution in [0.5, 0.6) is 0 Å². The first-order valence-corrected chi connectivity index (χ1v) is 9.01. The number of hydrogen-bond donors (Lipinski definition) is 1. The maximum atomic E-state index is 12.2. The highest BCUT2D eigenvalue weighted by Gasteiger charge is 2.16. The summed E-state index contributed by atoms with van der Waals surface area (Å²) in [5.74, 6) is 0.672. The number of carbonyl (C=O) groups excluding carboxylic acids is 1. The van der Waals surface area contributed by atoms with Gasteiger partial charge >= 0.3 is 0 Å². The van der Waals surface area contributed by atoms with Crippen molar-refractivity contribution in [2.24, 2.45) is 0 Å². The molecule has 7 nitrogen and oxygen atoms in total. The lowest BCUT2D eigenvalue weighted by molar-refractivity contribution is 0.0952. The zero-order valence-electron chi connectivity index (χ0n) is 12.1. The van der Waals surface area contributed by atoms with Crippen LogP contribution in [-0.4, -0.2) is 37.1 Å². The number of thiazole rings is 1. The summed E-state index contributed by atoms with van der Waals surface area (Å²) in [6.45, 7) is 1.42. The van der Waals surface area contributed by atoms with Crippen molar-refractivity contribution in [1.82, 2.24) is 24.3 Å². The molecule has 0 atom stereocenters. The SMILES string of the molecule is O=C(NCCc1cn2c(n1)SCC2)c1cnc2sccn2c1=O. The number of rotatable bonds is 4. The first-order valence-electron chi connectivity index (χ1n) is 7.14. The van der Waals surface area contributed by atoms with Gasteiger partial charge in [0.25, 0.3) is 11.5 Å². The van der Waals surface area contributed by atoms with Crippen molar-refractivity contribution in [3.05, 3.63) is 45.6 Å². The molecule has 0 bridgehead atoms. The molecule has 0 radical (unpaired) electrons. The molecule has 0 aromatic carbocycles. The van der Waals surface area contributed by atoms with Gasteiger partial charge < -0.3 is 9.88 Å². The monoisotopic (exact) mass is 347 g/mol. The molecular weight excluding hydrogens is 334 g/mol. The molecule has 0 fully saturated rings. The van der Waals surface area contributed by atoms with Crippen LogP contribution in [0.15, 0.2) is 33.9 Å². The van der Waals surface area contributed by atoms with E-state index in [0.717, 1.165) is 23.1 Å². The molecular formula is C14H13N5O2S2. The largest absolute Gasteiger partial charge is 0.351 e. The van der Waals surface area contributed by atoms with E-state index >= 15 is 0 Å². The number of nitrogens with zero attached hydrogens (tertiary/aromatic N) is 4. The Morgan fingerprint density at radius 2 is 2.35 bits per heavy atom. The Balaban J connectivity index is 1.42. The maximum Gasteiger partial charge on any atom is 0.271 e. The molecule has 118 valence electrons. The number of nitrogens with one attached hydrogen (secondary N) is 1. The standard InChI is InChI=1S/C14H13N5O2S2/c20-11(10-7-16-13-19(12(10)21)4-6-22-13)15-2-1-9-8-18-3-5-23-14(18)17-9/h4,6-8H,1-3,5H2,(H,15,20). The van der Waals surface area contributed by atoms with E-state index in [2.05, 4.69) is 19.9 Å². The van der Waals surface area contributed by atoms with Crippen LogP contribution < -0.4 is 10.9 Å². The van der Waals surface area contributed by atoms with Gasteiger partial charge in [-0.1, -0.05) is 11.8 Å². The molecule has 0 saturated heterocycles. The van der Waals surface area contributed by atoms with E-state index in [1.54, 1.807) is 23.3 Å². The van der Waals surface area contributed by atoms with E-state index in [0.29, 0.717) is 17.9 Å². The highest BCUT2D eigenvalue weighted by Crippen LogP contribution is 2.24. The molecule has 3 aromatic rings. The van der Waals surface area contributed by atoms with Gasteiger partial charge in [0.15, 0.2) is 10.1 Å². The minimum Gasteiger partial charge on any atom is -0.351 e. The summed E-state index contributed by atoms with van der Waals surface area (Å²) in [4.78, 5) is 33.6. The number of amides is 1. The molecule has 1 aliphatic heterocycles. The minimum atomic E-state index is -0.399. The number of hydrogen-bond acceptors (Lipinski definition) is 6. The second-order valence-electron chi connectivity index (χ2n) is 5.10. The Morgan fingerprint density at radius 3 is 3.22 bits per heavy atom. The number of fused-ring (bicyclic) bond motifs is 2. The molecule has 3 aromatic heterocycles. The topological polar surface area (TPSA) is 81.3 Å². The van der Waals surface area contributed by atoms with Gasteiger partial charge in [-0.2, -0.15) is 0 Å². The van der Waals surface area contributed by atoms with Crippen LogP contribution >= 0.6 is 23.1 Å². The van der Waals surface area contributed by atoms with E-state index in [4.69, 9.17) is 0 Å². The van der Waals surface area contributed by atoms with Crippen LogP contribution in [0.4, 0.5) is 0 Å². The van der Waals surface area contributed by atoms with Gasteiger partial charge in [0, 0.05) is 49.2 Å². The smallest absolute Gasteiger partial charge is 0.271 e. The Morgan fingerprint density at radius 1 is 1.43 bits per heavy atom. The lowest BCUT2D eigenvalue weighted by atomic mass is 10.3. The normalized spacial score (nSPS) is 13.4. The molecule has 0 spiro atoms. The summed E-state index contributed by atoms with van der Waals surface area (Å²) >= 11 is 3.10. The third kappa shape index (κ3) is 2.66. The van der Waals surface area contributed by atoms with Crippen molar-refractivity contribution in [1.29, 1.82) is 0 Å². The molecule has 1 N–H and O–H groups in total. The van der Waals surface area contributed by atoms with Crippen LogP contribution in [0.3, 0.4) is 0 Å². The van der Waals surface area contributed by atoms with Gasteiger partial charge in [0.2, 0.25) is 0 Å². The molecule has 4 rings (SSSR count). The molecule has 0 saturated carbocycles. The van der Waals surface area contributed by atoms with E-state index in [9.17, 15) is 9.59 Å². The van der Waals surface area contributed by atoms with Gasteiger partial charge in [-0.15, -0.1) is 11.3 Å². The molecule has 1 amide bonds. The lowest BCUT2D eigenvalue weighted by Gasteiger charge is -2.03. The molecule has 4 heterocycles. The summed E-state index contributed by atoms with van der Waals surface area (Å²) in [7, 11) is 0. The Hall–Kier alpha value is -2.13. The summed E-state index contributed by atoms with van der Waals surface area (Å²) in [6, 6.07) is 0. The predicted molar refractivity (Wildman–Crippen MR) is 88.3 cm³/mol. The van der Waals surface area contributed by atoms with Crippen LogP contribution in [0, 0.1) is 0 Å². The maximum absolute atomic E-state index is 12.2. The molecule has 1 aliphatic rings. The third-order valence-electron chi connectivity index (χ3n) is 3.61. The lowest BCUT2D eigenvalue weighted by Crippen LogP contribution is -2.32.